The van der Waals surface area contributed by atoms with Crippen LogP contribution in [0.3, 0.4) is 0 Å². The molecule has 5 nitrogen and oxygen atoms in total. The Morgan fingerprint density at radius 2 is 2.24 bits per heavy atom. The first-order valence-corrected chi connectivity index (χ1v) is 5.27. The van der Waals surface area contributed by atoms with Gasteiger partial charge in [0.2, 0.25) is 0 Å². The minimum absolute atomic E-state index is 0.00141. The van der Waals surface area contributed by atoms with Gasteiger partial charge < -0.3 is 10.4 Å². The van der Waals surface area contributed by atoms with Crippen molar-refractivity contribution in [2.24, 2.45) is 0 Å². The Labute approximate surface area is 96.8 Å². The lowest BCUT2D eigenvalue weighted by Crippen LogP contribution is -2.25. The number of hydrogen-bond donors (Lipinski definition) is 2. The minimum Gasteiger partial charge on any atom is -0.396 e. The highest BCUT2D eigenvalue weighted by Gasteiger charge is 2.16. The highest BCUT2D eigenvalue weighted by Crippen LogP contribution is 2.18. The van der Waals surface area contributed by atoms with Crippen molar-refractivity contribution in [2.75, 3.05) is 13.2 Å². The zero-order valence-corrected chi connectivity index (χ0v) is 9.06. The molecule has 0 spiro atoms. The zero-order valence-electron chi connectivity index (χ0n) is 9.06. The number of carbonyl (C=O) groups is 1. The summed E-state index contributed by atoms with van der Waals surface area (Å²) in [5.41, 5.74) is 0.320. The van der Waals surface area contributed by atoms with Crippen LogP contribution in [-0.2, 0) is 0 Å². The van der Waals surface area contributed by atoms with Crippen LogP contribution in [0.4, 0.5) is 4.48 Å². The van der Waals surface area contributed by atoms with Gasteiger partial charge in [0.15, 0.2) is 5.69 Å². The first-order valence-electron chi connectivity index (χ1n) is 5.27. The lowest BCUT2D eigenvalue weighted by molar-refractivity contribution is 0.0944. The quantitative estimate of drug-likeness (QED) is 0.776. The summed E-state index contributed by atoms with van der Waals surface area (Å²) in [6.07, 6.45) is 0.458. The van der Waals surface area contributed by atoms with E-state index in [1.807, 2.05) is 0 Å². The number of aliphatic hydroxyl groups excluding tert-OH is 1. The van der Waals surface area contributed by atoms with Crippen LogP contribution < -0.4 is 5.32 Å². The Morgan fingerprint density at radius 1 is 1.47 bits per heavy atom. The number of nitrogens with zero attached hydrogens (tertiary/aromatic N) is 2. The fourth-order valence-corrected chi connectivity index (χ4v) is 1.56. The second kappa shape index (κ2) is 4.92. The molecule has 0 aliphatic heterocycles. The summed E-state index contributed by atoms with van der Waals surface area (Å²) in [5, 5.41) is 15.2. The van der Waals surface area contributed by atoms with E-state index in [0.29, 0.717) is 18.4 Å². The normalized spacial score (nSPS) is 10.7. The molecule has 0 bridgehead atoms. The van der Waals surface area contributed by atoms with Crippen molar-refractivity contribution in [1.29, 1.82) is 0 Å². The molecule has 0 fully saturated rings. The zero-order chi connectivity index (χ0) is 12.3. The molecule has 2 N–H and O–H groups in total. The fraction of sp³-hybridized carbons (Fsp3) is 0.273. The van der Waals surface area contributed by atoms with E-state index >= 15 is 0 Å². The predicted molar refractivity (Wildman–Crippen MR) is 60.3 cm³/mol. The van der Waals surface area contributed by atoms with Crippen LogP contribution in [0.15, 0.2) is 24.3 Å². The van der Waals surface area contributed by atoms with E-state index in [-0.39, 0.29) is 22.7 Å². The third-order valence-electron chi connectivity index (χ3n) is 2.38. The van der Waals surface area contributed by atoms with Crippen LogP contribution in [-0.4, -0.2) is 34.2 Å². The number of aliphatic hydroxyl groups is 1. The second-order valence-electron chi connectivity index (χ2n) is 3.56. The molecule has 6 heteroatoms. The maximum atomic E-state index is 13.3. The second-order valence-corrected chi connectivity index (χ2v) is 3.56. The molecule has 0 saturated carbocycles. The molecule has 1 amide bonds. The van der Waals surface area contributed by atoms with E-state index in [1.165, 1.54) is 0 Å². The smallest absolute Gasteiger partial charge is 0.272 e. The van der Waals surface area contributed by atoms with Gasteiger partial charge in [0, 0.05) is 18.5 Å². The number of para-hydroxylation sites is 1. The van der Waals surface area contributed by atoms with Crippen LogP contribution in [0.25, 0.3) is 10.9 Å². The molecule has 0 radical (unpaired) electrons. The number of halogens is 1. The third kappa shape index (κ3) is 2.26. The molecule has 0 saturated heterocycles. The number of amides is 1. The van der Waals surface area contributed by atoms with Crippen LogP contribution in [0.5, 0.6) is 0 Å². The van der Waals surface area contributed by atoms with Gasteiger partial charge in [0.05, 0.1) is 0 Å². The molecule has 0 aliphatic carbocycles. The maximum Gasteiger partial charge on any atom is 0.272 e. The van der Waals surface area contributed by atoms with E-state index in [2.05, 4.69) is 10.4 Å². The van der Waals surface area contributed by atoms with Crippen molar-refractivity contribution >= 4 is 16.8 Å². The summed E-state index contributed by atoms with van der Waals surface area (Å²) in [4.78, 5) is 11.9. The standard InChI is InChI=1S/C11H12FN3O2/c12-15-9-5-2-1-4-8(9)10(14-15)11(17)13-6-3-7-16/h1-2,4-5,16H,3,6-7H2,(H,13,17). The molecular weight excluding hydrogens is 225 g/mol. The van der Waals surface area contributed by atoms with Gasteiger partial charge in [-0.3, -0.25) is 4.79 Å². The van der Waals surface area contributed by atoms with Gasteiger partial charge in [-0.1, -0.05) is 27.6 Å². The van der Waals surface area contributed by atoms with Crippen LogP contribution in [0.1, 0.15) is 16.9 Å². The monoisotopic (exact) mass is 237 g/mol. The molecule has 0 atom stereocenters. The average molecular weight is 237 g/mol. The molecule has 2 rings (SSSR count). The lowest BCUT2D eigenvalue weighted by Gasteiger charge is -2.00. The van der Waals surface area contributed by atoms with Gasteiger partial charge in [-0.2, -0.15) is 0 Å². The largest absolute Gasteiger partial charge is 0.396 e. The first-order chi connectivity index (χ1) is 8.24. The summed E-state index contributed by atoms with van der Waals surface area (Å²) in [6, 6.07) is 6.58. The van der Waals surface area contributed by atoms with E-state index in [4.69, 9.17) is 5.11 Å². The molecular formula is C11H12FN3O2. The molecule has 1 heterocycles. The summed E-state index contributed by atoms with van der Waals surface area (Å²) in [6.45, 7) is 0.335. The summed E-state index contributed by atoms with van der Waals surface area (Å²) < 4.78 is 13.3. The number of carbonyl (C=O) groups excluding carboxylic acids is 1. The van der Waals surface area contributed by atoms with Crippen LogP contribution in [0.2, 0.25) is 0 Å². The maximum absolute atomic E-state index is 13.3. The summed E-state index contributed by atoms with van der Waals surface area (Å²) >= 11 is 0. The minimum atomic E-state index is -0.439. The Balaban J connectivity index is 2.26. The van der Waals surface area contributed by atoms with Crippen molar-refractivity contribution < 1.29 is 14.4 Å². The number of nitrogens with one attached hydrogen (secondary N) is 1. The molecule has 2 aromatic rings. The van der Waals surface area contributed by atoms with Gasteiger partial charge in [-0.05, 0) is 12.5 Å². The van der Waals surface area contributed by atoms with Crippen molar-refractivity contribution in [3.05, 3.63) is 30.0 Å². The molecule has 0 unspecified atom stereocenters. The van der Waals surface area contributed by atoms with Crippen molar-refractivity contribution in [1.82, 2.24) is 15.3 Å². The van der Waals surface area contributed by atoms with Crippen LogP contribution in [0, 0.1) is 0 Å². The molecule has 1 aromatic carbocycles. The van der Waals surface area contributed by atoms with Crippen molar-refractivity contribution in [3.8, 4) is 0 Å². The van der Waals surface area contributed by atoms with Crippen LogP contribution >= 0.6 is 0 Å². The SMILES string of the molecule is O=C(NCCCO)c1nn(F)c2ccccc12. The number of hydrogen-bond acceptors (Lipinski definition) is 3. The van der Waals surface area contributed by atoms with E-state index < -0.39 is 5.91 Å². The number of aromatic nitrogens is 2. The number of fused-ring (bicyclic) bond motifs is 1. The Morgan fingerprint density at radius 3 is 3.00 bits per heavy atom. The van der Waals surface area contributed by atoms with E-state index in [9.17, 15) is 9.28 Å². The van der Waals surface area contributed by atoms with Crippen molar-refractivity contribution in [2.45, 2.75) is 6.42 Å². The highest BCUT2D eigenvalue weighted by atomic mass is 19.2. The Hall–Kier alpha value is -1.95. The fourth-order valence-electron chi connectivity index (χ4n) is 1.56. The third-order valence-corrected chi connectivity index (χ3v) is 2.38. The summed E-state index contributed by atoms with van der Waals surface area (Å²) in [7, 11) is 0. The molecule has 0 aliphatic rings. The van der Waals surface area contributed by atoms with E-state index in [1.54, 1.807) is 24.3 Å². The van der Waals surface area contributed by atoms with Gasteiger partial charge in [-0.15, -0.1) is 5.10 Å². The van der Waals surface area contributed by atoms with Gasteiger partial charge in [0.25, 0.3) is 5.91 Å². The topological polar surface area (TPSA) is 67.2 Å². The van der Waals surface area contributed by atoms with E-state index in [0.717, 1.165) is 0 Å². The number of benzene rings is 1. The first kappa shape index (κ1) is 11.5. The van der Waals surface area contributed by atoms with Crippen molar-refractivity contribution in [3.63, 3.8) is 0 Å². The molecule has 90 valence electrons. The number of rotatable bonds is 4. The Kier molecular flexibility index (Phi) is 3.34. The van der Waals surface area contributed by atoms with Gasteiger partial charge >= 0.3 is 0 Å². The highest BCUT2D eigenvalue weighted by molar-refractivity contribution is 6.04. The Bertz CT molecular complexity index is 538. The lowest BCUT2D eigenvalue weighted by atomic mass is 10.2. The average Bonchev–Trinajstić information content (AvgIpc) is 2.68. The summed E-state index contributed by atoms with van der Waals surface area (Å²) in [5.74, 6) is -0.439. The molecule has 17 heavy (non-hydrogen) atoms. The van der Waals surface area contributed by atoms with Gasteiger partial charge in [-0.25, -0.2) is 0 Å². The molecule has 1 aromatic heterocycles. The van der Waals surface area contributed by atoms with Gasteiger partial charge in [0.1, 0.15) is 5.52 Å². The predicted octanol–water partition coefficient (Wildman–Crippen LogP) is 0.881.